The highest BCUT2D eigenvalue weighted by atomic mass is 35.5. The smallest absolute Gasteiger partial charge is 0.306 e. The summed E-state index contributed by atoms with van der Waals surface area (Å²) in [4.78, 5) is 29.1. The van der Waals surface area contributed by atoms with E-state index >= 15 is 0 Å². The minimum Gasteiger partial charge on any atom is -0.481 e. The number of amides is 1. The van der Waals surface area contributed by atoms with Crippen molar-refractivity contribution >= 4 is 45.6 Å². The molecule has 1 aliphatic heterocycles. The maximum Gasteiger partial charge on any atom is 0.306 e. The number of hydrogen-bond donors (Lipinski definition) is 1. The van der Waals surface area contributed by atoms with Gasteiger partial charge in [0.15, 0.2) is 0 Å². The van der Waals surface area contributed by atoms with E-state index in [9.17, 15) is 14.7 Å². The first-order valence-electron chi connectivity index (χ1n) is 11.6. The summed E-state index contributed by atoms with van der Waals surface area (Å²) >= 11 is 6.45. The summed E-state index contributed by atoms with van der Waals surface area (Å²) in [7, 11) is 3.98. The number of aliphatic carboxylic acids is 1. The molecule has 0 spiro atoms. The van der Waals surface area contributed by atoms with E-state index in [0.717, 1.165) is 27.6 Å². The second-order valence-electron chi connectivity index (χ2n) is 10.4. The zero-order valence-corrected chi connectivity index (χ0v) is 21.5. The molecular weight excluding hydrogens is 464 g/mol. The zero-order chi connectivity index (χ0) is 25.5. The first-order chi connectivity index (χ1) is 16.5. The van der Waals surface area contributed by atoms with Crippen LogP contribution in [0.15, 0.2) is 54.6 Å². The van der Waals surface area contributed by atoms with E-state index in [0.29, 0.717) is 17.3 Å². The number of hydrogen-bond acceptors (Lipinski definition) is 4. The van der Waals surface area contributed by atoms with Gasteiger partial charge >= 0.3 is 5.97 Å². The van der Waals surface area contributed by atoms with Gasteiger partial charge in [0.05, 0.1) is 6.42 Å². The molecule has 0 saturated carbocycles. The Morgan fingerprint density at radius 1 is 1.06 bits per heavy atom. The summed E-state index contributed by atoms with van der Waals surface area (Å²) in [5.41, 5.74) is 3.12. The summed E-state index contributed by atoms with van der Waals surface area (Å²) in [5.74, 6) is -1.45. The van der Waals surface area contributed by atoms with Gasteiger partial charge in [0.2, 0.25) is 0 Å². The van der Waals surface area contributed by atoms with Gasteiger partial charge in [-0.15, -0.1) is 0 Å². The zero-order valence-electron chi connectivity index (χ0n) is 20.7. The van der Waals surface area contributed by atoms with Gasteiger partial charge in [-0.05, 0) is 40.6 Å². The van der Waals surface area contributed by atoms with Gasteiger partial charge in [-0.1, -0.05) is 62.7 Å². The van der Waals surface area contributed by atoms with E-state index in [1.165, 1.54) is 0 Å². The molecule has 0 aromatic heterocycles. The topological polar surface area (TPSA) is 70.1 Å². The van der Waals surface area contributed by atoms with Crippen molar-refractivity contribution in [2.45, 2.75) is 39.4 Å². The van der Waals surface area contributed by atoms with Gasteiger partial charge in [0.1, 0.15) is 12.2 Å². The Morgan fingerprint density at radius 3 is 2.37 bits per heavy atom. The molecule has 184 valence electrons. The molecule has 0 radical (unpaired) electrons. The van der Waals surface area contributed by atoms with Gasteiger partial charge in [-0.2, -0.15) is 0 Å². The van der Waals surface area contributed by atoms with Crippen LogP contribution in [0.4, 0.5) is 11.4 Å². The fourth-order valence-corrected chi connectivity index (χ4v) is 4.85. The van der Waals surface area contributed by atoms with Crippen molar-refractivity contribution in [1.82, 2.24) is 0 Å². The standard InChI is InChI=1S/C28H31ClN2O4/c1-28(2,3)16-31-23-12-10-17(29)14-21(23)26(35-24(27(31)34)15-25(32)33)20-11-13-22(30(4)5)19-9-7-6-8-18(19)20/h6-14,24,26H,15-16H2,1-5H3,(H,32,33)/t24-,26-/m1/s1. The van der Waals surface area contributed by atoms with Crippen LogP contribution in [0.1, 0.15) is 44.4 Å². The number of carbonyl (C=O) groups is 2. The van der Waals surface area contributed by atoms with Crippen LogP contribution >= 0.6 is 11.6 Å². The minimum absolute atomic E-state index is 0.222. The number of halogens is 1. The molecule has 1 aliphatic rings. The number of ether oxygens (including phenoxy) is 1. The second kappa shape index (κ2) is 9.51. The third-order valence-corrected chi connectivity index (χ3v) is 6.33. The van der Waals surface area contributed by atoms with Crippen molar-refractivity contribution in [3.05, 3.63) is 70.7 Å². The average Bonchev–Trinajstić information content (AvgIpc) is 2.87. The fourth-order valence-electron chi connectivity index (χ4n) is 4.67. The van der Waals surface area contributed by atoms with Gasteiger partial charge in [0, 0.05) is 48.0 Å². The third kappa shape index (κ3) is 5.14. The highest BCUT2D eigenvalue weighted by Crippen LogP contribution is 2.43. The Morgan fingerprint density at radius 2 is 1.74 bits per heavy atom. The fraction of sp³-hybridized carbons (Fsp3) is 0.357. The van der Waals surface area contributed by atoms with Crippen LogP contribution in [0.5, 0.6) is 0 Å². The highest BCUT2D eigenvalue weighted by molar-refractivity contribution is 6.30. The lowest BCUT2D eigenvalue weighted by Gasteiger charge is -2.31. The Balaban J connectivity index is 1.98. The van der Waals surface area contributed by atoms with Crippen LogP contribution in [0.3, 0.4) is 0 Å². The van der Waals surface area contributed by atoms with Crippen LogP contribution in [0.25, 0.3) is 10.8 Å². The Bertz CT molecular complexity index is 1280. The summed E-state index contributed by atoms with van der Waals surface area (Å²) in [6, 6.07) is 17.5. The second-order valence-corrected chi connectivity index (χ2v) is 10.8. The van der Waals surface area contributed by atoms with E-state index < -0.39 is 24.6 Å². The highest BCUT2D eigenvalue weighted by Gasteiger charge is 2.39. The quantitative estimate of drug-likeness (QED) is 0.478. The molecule has 2 atom stereocenters. The van der Waals surface area contributed by atoms with E-state index in [4.69, 9.17) is 16.3 Å². The van der Waals surface area contributed by atoms with Crippen LogP contribution < -0.4 is 9.80 Å². The minimum atomic E-state index is -1.14. The van der Waals surface area contributed by atoms with Crippen LogP contribution in [-0.2, 0) is 14.3 Å². The number of rotatable bonds is 5. The Hall–Kier alpha value is -3.09. The van der Waals surface area contributed by atoms with Crippen molar-refractivity contribution < 1.29 is 19.4 Å². The number of carboxylic acid groups (broad SMARTS) is 1. The molecule has 4 rings (SSSR count). The number of benzene rings is 3. The molecule has 6 nitrogen and oxygen atoms in total. The predicted octanol–water partition coefficient (Wildman–Crippen LogP) is 5.90. The molecule has 35 heavy (non-hydrogen) atoms. The molecular formula is C28H31ClN2O4. The summed E-state index contributed by atoms with van der Waals surface area (Å²) in [6.45, 7) is 6.53. The number of anilines is 2. The monoisotopic (exact) mass is 494 g/mol. The maximum absolute atomic E-state index is 13.7. The Labute approximate surface area is 211 Å². The lowest BCUT2D eigenvalue weighted by atomic mass is 9.92. The first kappa shape index (κ1) is 25.0. The normalized spacial score (nSPS) is 18.3. The van der Waals surface area contributed by atoms with Crippen molar-refractivity contribution in [3.63, 3.8) is 0 Å². The van der Waals surface area contributed by atoms with Crippen molar-refractivity contribution in [2.75, 3.05) is 30.4 Å². The van der Waals surface area contributed by atoms with Gasteiger partial charge < -0.3 is 19.6 Å². The number of carbonyl (C=O) groups excluding carboxylic acids is 1. The summed E-state index contributed by atoms with van der Waals surface area (Å²) in [5, 5.41) is 12.1. The Kier molecular flexibility index (Phi) is 6.80. The van der Waals surface area contributed by atoms with E-state index in [1.54, 1.807) is 11.0 Å². The van der Waals surface area contributed by atoms with E-state index in [1.807, 2.05) is 82.2 Å². The lowest BCUT2D eigenvalue weighted by molar-refractivity contribution is -0.147. The maximum atomic E-state index is 13.7. The predicted molar refractivity (Wildman–Crippen MR) is 141 cm³/mol. The molecule has 0 bridgehead atoms. The third-order valence-electron chi connectivity index (χ3n) is 6.10. The van der Waals surface area contributed by atoms with E-state index in [2.05, 4.69) is 6.07 Å². The number of carboxylic acids is 1. The average molecular weight is 495 g/mol. The molecule has 3 aromatic rings. The van der Waals surface area contributed by atoms with E-state index in [-0.39, 0.29) is 11.3 Å². The molecule has 1 amide bonds. The number of nitrogens with zero attached hydrogens (tertiary/aromatic N) is 2. The molecule has 0 unspecified atom stereocenters. The molecule has 3 aromatic carbocycles. The number of fused-ring (bicyclic) bond motifs is 2. The van der Waals surface area contributed by atoms with Gasteiger partial charge in [-0.3, -0.25) is 9.59 Å². The molecule has 1 N–H and O–H groups in total. The largest absolute Gasteiger partial charge is 0.481 e. The van der Waals surface area contributed by atoms with Crippen molar-refractivity contribution in [2.24, 2.45) is 5.41 Å². The molecule has 1 heterocycles. The molecule has 7 heteroatoms. The first-order valence-corrected chi connectivity index (χ1v) is 12.0. The summed E-state index contributed by atoms with van der Waals surface area (Å²) < 4.78 is 6.41. The molecule has 0 fully saturated rings. The molecule has 0 aliphatic carbocycles. The van der Waals surface area contributed by atoms with Gasteiger partial charge in [-0.25, -0.2) is 0 Å². The van der Waals surface area contributed by atoms with Gasteiger partial charge in [0.25, 0.3) is 5.91 Å². The van der Waals surface area contributed by atoms with Crippen molar-refractivity contribution in [3.8, 4) is 0 Å². The molecule has 0 saturated heterocycles. The van der Waals surface area contributed by atoms with Crippen LogP contribution in [-0.4, -0.2) is 43.7 Å². The van der Waals surface area contributed by atoms with Crippen LogP contribution in [0.2, 0.25) is 5.02 Å². The SMILES string of the molecule is CN(C)c1ccc([C@H]2O[C@H](CC(=O)O)C(=O)N(CC(C)(C)C)c3ccc(Cl)cc32)c2ccccc12. The lowest BCUT2D eigenvalue weighted by Crippen LogP contribution is -2.44. The van der Waals surface area contributed by atoms with Crippen LogP contribution in [0, 0.1) is 5.41 Å². The summed E-state index contributed by atoms with van der Waals surface area (Å²) in [6.07, 6.45) is -2.24. The van der Waals surface area contributed by atoms with Crippen molar-refractivity contribution in [1.29, 1.82) is 0 Å².